The molecule has 0 atom stereocenters. The van der Waals surface area contributed by atoms with Gasteiger partial charge in [0.1, 0.15) is 11.4 Å². The molecule has 0 bridgehead atoms. The fourth-order valence-electron chi connectivity index (χ4n) is 0.924. The number of benzene rings is 1. The molecule has 0 spiro atoms. The zero-order valence-electron chi connectivity index (χ0n) is 7.53. The maximum absolute atomic E-state index is 10.9. The summed E-state index contributed by atoms with van der Waals surface area (Å²) in [4.78, 5) is 21.4. The molecule has 66 valence electrons. The van der Waals surface area contributed by atoms with Crippen molar-refractivity contribution in [2.45, 2.75) is 6.92 Å². The second kappa shape index (κ2) is 3.89. The van der Waals surface area contributed by atoms with Crippen LogP contribution in [0.3, 0.4) is 0 Å². The molecule has 0 radical (unpaired) electrons. The summed E-state index contributed by atoms with van der Waals surface area (Å²) in [5.41, 5.74) is 0.602. The highest BCUT2D eigenvalue weighted by molar-refractivity contribution is 6.62. The van der Waals surface area contributed by atoms with Crippen LogP contribution in [-0.2, 0) is 4.79 Å². The first-order valence-electron chi connectivity index (χ1n) is 3.89. The molecular weight excluding hydrogens is 167 g/mol. The zero-order chi connectivity index (χ0) is 9.84. The molecule has 1 aromatic carbocycles. The fraction of sp³-hybridized carbons (Fsp3) is 0.111. The average Bonchev–Trinajstić information content (AvgIpc) is 2.04. The number of ether oxygens (including phenoxy) is 1. The Morgan fingerprint density at radius 1 is 1.23 bits per heavy atom. The van der Waals surface area contributed by atoms with Crippen molar-refractivity contribution in [1.29, 1.82) is 0 Å². The van der Waals surface area contributed by atoms with Crippen LogP contribution < -0.4 is 4.74 Å². The van der Waals surface area contributed by atoms with Crippen molar-refractivity contribution in [2.24, 2.45) is 0 Å². The standard InChI is InChI=1S/C9H9BO3/c1-6(11)13-8-4-2-7(3-5-8)9(10)12/h2-5H,10H2,1H3. The smallest absolute Gasteiger partial charge is 0.308 e. The van der Waals surface area contributed by atoms with Crippen LogP contribution in [0, 0.1) is 0 Å². The van der Waals surface area contributed by atoms with Crippen molar-refractivity contribution in [3.63, 3.8) is 0 Å². The maximum Gasteiger partial charge on any atom is 0.308 e. The fourth-order valence-corrected chi connectivity index (χ4v) is 0.924. The van der Waals surface area contributed by atoms with E-state index in [-0.39, 0.29) is 11.7 Å². The van der Waals surface area contributed by atoms with Crippen LogP contribution in [-0.4, -0.2) is 19.5 Å². The van der Waals surface area contributed by atoms with Gasteiger partial charge in [-0.05, 0) is 24.3 Å². The lowest BCUT2D eigenvalue weighted by Gasteiger charge is -2.00. The van der Waals surface area contributed by atoms with Gasteiger partial charge in [0.05, 0.1) is 0 Å². The summed E-state index contributed by atoms with van der Waals surface area (Å²) in [7, 11) is 1.49. The molecule has 4 heteroatoms. The van der Waals surface area contributed by atoms with E-state index in [0.717, 1.165) is 0 Å². The lowest BCUT2D eigenvalue weighted by molar-refractivity contribution is -0.131. The first-order chi connectivity index (χ1) is 6.09. The van der Waals surface area contributed by atoms with Crippen LogP contribution >= 0.6 is 0 Å². The Bertz CT molecular complexity index is 329. The minimum absolute atomic E-state index is 0.00521. The highest BCUT2D eigenvalue weighted by Gasteiger charge is 2.00. The molecule has 0 saturated carbocycles. The van der Waals surface area contributed by atoms with E-state index in [2.05, 4.69) is 0 Å². The number of rotatable bonds is 2. The van der Waals surface area contributed by atoms with Gasteiger partial charge in [0.2, 0.25) is 0 Å². The van der Waals surface area contributed by atoms with Crippen LogP contribution in [0.2, 0.25) is 0 Å². The van der Waals surface area contributed by atoms with Gasteiger partial charge >= 0.3 is 5.97 Å². The third-order valence-electron chi connectivity index (χ3n) is 1.52. The molecule has 0 amide bonds. The van der Waals surface area contributed by atoms with Crippen molar-refractivity contribution in [3.8, 4) is 5.75 Å². The zero-order valence-corrected chi connectivity index (χ0v) is 7.53. The molecule has 0 unspecified atom stereocenters. The number of hydrogen-bond donors (Lipinski definition) is 0. The van der Waals surface area contributed by atoms with Gasteiger partial charge in [0.15, 0.2) is 7.85 Å². The molecule has 13 heavy (non-hydrogen) atoms. The van der Waals surface area contributed by atoms with E-state index in [4.69, 9.17) is 4.74 Å². The van der Waals surface area contributed by atoms with Crippen LogP contribution in [0.15, 0.2) is 24.3 Å². The molecule has 0 fully saturated rings. The van der Waals surface area contributed by atoms with Gasteiger partial charge in [-0.25, -0.2) is 0 Å². The summed E-state index contributed by atoms with van der Waals surface area (Å²) in [6.45, 7) is 1.33. The molecule has 0 aromatic heterocycles. The second-order valence-electron chi connectivity index (χ2n) is 2.67. The molecule has 0 N–H and O–H groups in total. The Kier molecular flexibility index (Phi) is 2.85. The second-order valence-corrected chi connectivity index (χ2v) is 2.67. The van der Waals surface area contributed by atoms with Gasteiger partial charge in [0.25, 0.3) is 0 Å². The van der Waals surface area contributed by atoms with E-state index < -0.39 is 0 Å². The number of carbonyl (C=O) groups excluding carboxylic acids is 2. The Morgan fingerprint density at radius 2 is 1.77 bits per heavy atom. The topological polar surface area (TPSA) is 43.4 Å². The Balaban J connectivity index is 2.81. The predicted molar refractivity (Wildman–Crippen MR) is 50.6 cm³/mol. The Labute approximate surface area is 77.1 Å². The quantitative estimate of drug-likeness (QED) is 0.371. The predicted octanol–water partition coefficient (Wildman–Crippen LogP) is 0.385. The summed E-state index contributed by atoms with van der Waals surface area (Å²) in [5, 5.41) is 0. The number of hydrogen-bond acceptors (Lipinski definition) is 3. The van der Waals surface area contributed by atoms with Crippen molar-refractivity contribution in [3.05, 3.63) is 29.8 Å². The van der Waals surface area contributed by atoms with Crippen LogP contribution in [0.4, 0.5) is 0 Å². The Hall–Kier alpha value is -1.58. The molecule has 3 nitrogen and oxygen atoms in total. The van der Waals surface area contributed by atoms with E-state index in [9.17, 15) is 9.59 Å². The summed E-state index contributed by atoms with van der Waals surface area (Å²) < 4.78 is 4.80. The third kappa shape index (κ3) is 2.74. The molecule has 1 rings (SSSR count). The number of esters is 1. The molecule has 0 aliphatic carbocycles. The maximum atomic E-state index is 10.9. The van der Waals surface area contributed by atoms with E-state index >= 15 is 0 Å². The molecule has 0 aliphatic rings. The molecule has 0 heterocycles. The largest absolute Gasteiger partial charge is 0.427 e. The van der Waals surface area contributed by atoms with Gasteiger partial charge in [0, 0.05) is 12.5 Å². The van der Waals surface area contributed by atoms with Crippen LogP contribution in [0.1, 0.15) is 17.3 Å². The monoisotopic (exact) mass is 176 g/mol. The average molecular weight is 176 g/mol. The van der Waals surface area contributed by atoms with Gasteiger partial charge < -0.3 is 9.53 Å². The number of carbonyl (C=O) groups is 2. The van der Waals surface area contributed by atoms with Crippen molar-refractivity contribution in [1.82, 2.24) is 0 Å². The lowest BCUT2D eigenvalue weighted by atomic mass is 9.95. The van der Waals surface area contributed by atoms with E-state index in [1.54, 1.807) is 24.3 Å². The summed E-state index contributed by atoms with van der Waals surface area (Å²) in [6.07, 6.45) is 0. The molecular formula is C9H9BO3. The van der Waals surface area contributed by atoms with Gasteiger partial charge in [-0.1, -0.05) is 0 Å². The molecule has 0 aliphatic heterocycles. The lowest BCUT2D eigenvalue weighted by Crippen LogP contribution is -2.02. The normalized spacial score (nSPS) is 9.31. The molecule has 0 saturated heterocycles. The van der Waals surface area contributed by atoms with Gasteiger partial charge in [-0.2, -0.15) is 0 Å². The first kappa shape index (κ1) is 9.51. The Morgan fingerprint density at radius 3 is 2.15 bits per heavy atom. The van der Waals surface area contributed by atoms with E-state index in [1.165, 1.54) is 14.8 Å². The minimum atomic E-state index is -0.365. The van der Waals surface area contributed by atoms with E-state index in [1.807, 2.05) is 0 Å². The van der Waals surface area contributed by atoms with Crippen LogP contribution in [0.5, 0.6) is 5.75 Å². The summed E-state index contributed by atoms with van der Waals surface area (Å²) >= 11 is 0. The summed E-state index contributed by atoms with van der Waals surface area (Å²) in [6, 6.07) is 6.44. The van der Waals surface area contributed by atoms with Gasteiger partial charge in [-0.3, -0.25) is 4.79 Å². The third-order valence-corrected chi connectivity index (χ3v) is 1.52. The SMILES string of the molecule is BC(=O)c1ccc(OC(C)=O)cc1. The van der Waals surface area contributed by atoms with Crippen molar-refractivity contribution >= 4 is 19.5 Å². The first-order valence-corrected chi connectivity index (χ1v) is 3.89. The van der Waals surface area contributed by atoms with Crippen molar-refractivity contribution < 1.29 is 14.3 Å². The molecule has 1 aromatic rings. The highest BCUT2D eigenvalue weighted by Crippen LogP contribution is 2.11. The van der Waals surface area contributed by atoms with E-state index in [0.29, 0.717) is 11.3 Å². The van der Waals surface area contributed by atoms with Crippen LogP contribution in [0.25, 0.3) is 0 Å². The summed E-state index contributed by atoms with van der Waals surface area (Å²) in [5.74, 6) is 0.0908. The minimum Gasteiger partial charge on any atom is -0.427 e. The van der Waals surface area contributed by atoms with Crippen molar-refractivity contribution in [2.75, 3.05) is 0 Å². The van der Waals surface area contributed by atoms with Gasteiger partial charge in [-0.15, -0.1) is 0 Å². The highest BCUT2D eigenvalue weighted by atomic mass is 16.5.